The van der Waals surface area contributed by atoms with Crippen LogP contribution in [0.15, 0.2) is 0 Å². The van der Waals surface area contributed by atoms with Crippen LogP contribution in [0.5, 0.6) is 0 Å². The molecule has 0 spiro atoms. The Kier molecular flexibility index (Phi) is 8.11. The number of ether oxygens (including phenoxy) is 3. The van der Waals surface area contributed by atoms with Crippen LogP contribution in [-0.4, -0.2) is 51.1 Å². The molecular weight excluding hydrogens is 258 g/mol. The number of carbonyl (C=O) groups is 1. The highest BCUT2D eigenvalue weighted by Crippen LogP contribution is 2.33. The molecule has 0 radical (unpaired) electrons. The Hall–Kier alpha value is -0.650. The Labute approximate surface area is 122 Å². The third-order valence-corrected chi connectivity index (χ3v) is 3.70. The fourth-order valence-electron chi connectivity index (χ4n) is 2.65. The summed E-state index contributed by atoms with van der Waals surface area (Å²) in [5.41, 5.74) is -0.544. The molecule has 0 amide bonds. The first-order valence-corrected chi connectivity index (χ1v) is 7.71. The number of hydrogen-bond acceptors (Lipinski definition) is 5. The van der Waals surface area contributed by atoms with Crippen molar-refractivity contribution in [3.05, 3.63) is 0 Å². The van der Waals surface area contributed by atoms with Gasteiger partial charge in [0.25, 0.3) is 0 Å². The molecular formula is C15H29NO4. The Morgan fingerprint density at radius 1 is 1.35 bits per heavy atom. The minimum Gasteiger partial charge on any atom is -0.465 e. The Bertz CT molecular complexity index is 285. The van der Waals surface area contributed by atoms with Gasteiger partial charge in [0.2, 0.25) is 0 Å². The maximum absolute atomic E-state index is 12.2. The van der Waals surface area contributed by atoms with Gasteiger partial charge in [-0.2, -0.15) is 0 Å². The maximum atomic E-state index is 12.2. The number of esters is 1. The molecule has 1 aliphatic carbocycles. The molecule has 5 nitrogen and oxygen atoms in total. The summed E-state index contributed by atoms with van der Waals surface area (Å²) in [5, 5.41) is 3.38. The molecule has 0 aromatic rings. The molecule has 1 aliphatic rings. The Balaban J connectivity index is 2.48. The van der Waals surface area contributed by atoms with Crippen molar-refractivity contribution in [3.63, 3.8) is 0 Å². The monoisotopic (exact) mass is 287 g/mol. The van der Waals surface area contributed by atoms with E-state index >= 15 is 0 Å². The zero-order chi connectivity index (χ0) is 14.8. The predicted octanol–water partition coefficient (Wildman–Crippen LogP) is 1.89. The highest BCUT2D eigenvalue weighted by Gasteiger charge is 2.46. The molecule has 0 aromatic carbocycles. The largest absolute Gasteiger partial charge is 0.465 e. The first kappa shape index (κ1) is 17.4. The second-order valence-corrected chi connectivity index (χ2v) is 5.31. The van der Waals surface area contributed by atoms with Gasteiger partial charge in [0.05, 0.1) is 12.7 Å². The van der Waals surface area contributed by atoms with Gasteiger partial charge in [0.1, 0.15) is 5.54 Å². The van der Waals surface area contributed by atoms with E-state index in [2.05, 4.69) is 12.2 Å². The second-order valence-electron chi connectivity index (χ2n) is 5.31. The zero-order valence-corrected chi connectivity index (χ0v) is 13.1. The Morgan fingerprint density at radius 2 is 2.15 bits per heavy atom. The normalized spacial score (nSPS) is 25.9. The average molecular weight is 287 g/mol. The lowest BCUT2D eigenvalue weighted by Gasteiger charge is -2.28. The van der Waals surface area contributed by atoms with Crippen LogP contribution in [0.25, 0.3) is 0 Å². The fraction of sp³-hybridized carbons (Fsp3) is 0.933. The molecule has 0 aliphatic heterocycles. The fourth-order valence-corrected chi connectivity index (χ4v) is 2.65. The lowest BCUT2D eigenvalue weighted by molar-refractivity contribution is -0.151. The molecule has 2 unspecified atom stereocenters. The minimum absolute atomic E-state index is 0.128. The van der Waals surface area contributed by atoms with Gasteiger partial charge in [-0.15, -0.1) is 0 Å². The van der Waals surface area contributed by atoms with Crippen molar-refractivity contribution in [1.82, 2.24) is 5.32 Å². The lowest BCUT2D eigenvalue weighted by Crippen LogP contribution is -2.51. The van der Waals surface area contributed by atoms with E-state index in [1.807, 2.05) is 6.92 Å². The summed E-state index contributed by atoms with van der Waals surface area (Å²) in [6, 6.07) is 0. The molecule has 5 heteroatoms. The van der Waals surface area contributed by atoms with Gasteiger partial charge in [0, 0.05) is 26.7 Å². The molecule has 20 heavy (non-hydrogen) atoms. The quantitative estimate of drug-likeness (QED) is 0.491. The smallest absolute Gasteiger partial charge is 0.326 e. The van der Waals surface area contributed by atoms with E-state index in [0.717, 1.165) is 32.2 Å². The molecule has 1 fully saturated rings. The van der Waals surface area contributed by atoms with E-state index < -0.39 is 5.54 Å². The zero-order valence-electron chi connectivity index (χ0n) is 13.1. The number of methoxy groups -OCH3 is 1. The van der Waals surface area contributed by atoms with Crippen LogP contribution in [0, 0.1) is 0 Å². The van der Waals surface area contributed by atoms with Gasteiger partial charge in [-0.3, -0.25) is 4.79 Å². The standard InChI is InChI=1S/C15H29NO4/c1-4-9-16-15(14(17)19-5-2)8-7-13(12-15)20-11-6-10-18-3/h13,16H,4-12H2,1-3H3. The third kappa shape index (κ3) is 5.04. The molecule has 0 heterocycles. The summed E-state index contributed by atoms with van der Waals surface area (Å²) in [4.78, 5) is 12.2. The third-order valence-electron chi connectivity index (χ3n) is 3.70. The number of nitrogens with one attached hydrogen (secondary N) is 1. The molecule has 118 valence electrons. The highest BCUT2D eigenvalue weighted by atomic mass is 16.5. The maximum Gasteiger partial charge on any atom is 0.326 e. The topological polar surface area (TPSA) is 56.8 Å². The van der Waals surface area contributed by atoms with E-state index in [4.69, 9.17) is 14.2 Å². The molecule has 0 aromatic heterocycles. The van der Waals surface area contributed by atoms with E-state index in [1.165, 1.54) is 0 Å². The number of carbonyl (C=O) groups excluding carboxylic acids is 1. The minimum atomic E-state index is -0.544. The van der Waals surface area contributed by atoms with Gasteiger partial charge in [-0.1, -0.05) is 6.92 Å². The summed E-state index contributed by atoms with van der Waals surface area (Å²) in [6.07, 6.45) is 4.44. The van der Waals surface area contributed by atoms with Crippen molar-refractivity contribution < 1.29 is 19.0 Å². The summed E-state index contributed by atoms with van der Waals surface area (Å²) in [5.74, 6) is -0.128. The van der Waals surface area contributed by atoms with Gasteiger partial charge >= 0.3 is 5.97 Å². The molecule has 1 saturated carbocycles. The molecule has 1 rings (SSSR count). The van der Waals surface area contributed by atoms with Gasteiger partial charge in [0.15, 0.2) is 0 Å². The first-order valence-electron chi connectivity index (χ1n) is 7.71. The van der Waals surface area contributed by atoms with E-state index in [0.29, 0.717) is 26.2 Å². The van der Waals surface area contributed by atoms with Crippen molar-refractivity contribution in [2.24, 2.45) is 0 Å². The molecule has 0 bridgehead atoms. The average Bonchev–Trinajstić information content (AvgIpc) is 2.87. The van der Waals surface area contributed by atoms with Crippen molar-refractivity contribution >= 4 is 5.97 Å². The molecule has 0 saturated heterocycles. The molecule has 2 atom stereocenters. The van der Waals surface area contributed by atoms with Crippen LogP contribution >= 0.6 is 0 Å². The van der Waals surface area contributed by atoms with Crippen molar-refractivity contribution in [1.29, 1.82) is 0 Å². The number of hydrogen-bond donors (Lipinski definition) is 1. The SMILES string of the molecule is CCCNC1(C(=O)OCC)CCC(OCCCOC)C1. The van der Waals surface area contributed by atoms with Crippen LogP contribution in [0.1, 0.15) is 46.0 Å². The van der Waals surface area contributed by atoms with Crippen molar-refractivity contribution in [3.8, 4) is 0 Å². The van der Waals surface area contributed by atoms with Crippen molar-refractivity contribution in [2.45, 2.75) is 57.6 Å². The number of rotatable bonds is 10. The Morgan fingerprint density at radius 3 is 2.80 bits per heavy atom. The first-order chi connectivity index (χ1) is 9.68. The summed E-state index contributed by atoms with van der Waals surface area (Å²) in [7, 11) is 1.69. The summed E-state index contributed by atoms with van der Waals surface area (Å²) < 4.78 is 16.1. The van der Waals surface area contributed by atoms with Gasteiger partial charge in [-0.05, 0) is 39.2 Å². The van der Waals surface area contributed by atoms with Crippen LogP contribution in [0.3, 0.4) is 0 Å². The predicted molar refractivity (Wildman–Crippen MR) is 77.7 cm³/mol. The van der Waals surface area contributed by atoms with Crippen LogP contribution < -0.4 is 5.32 Å². The lowest BCUT2D eigenvalue weighted by atomic mass is 9.97. The van der Waals surface area contributed by atoms with E-state index in [1.54, 1.807) is 7.11 Å². The summed E-state index contributed by atoms with van der Waals surface area (Å²) >= 11 is 0. The summed E-state index contributed by atoms with van der Waals surface area (Å²) in [6.45, 7) is 6.59. The van der Waals surface area contributed by atoms with E-state index in [9.17, 15) is 4.79 Å². The van der Waals surface area contributed by atoms with Crippen molar-refractivity contribution in [2.75, 3.05) is 33.5 Å². The van der Waals surface area contributed by atoms with Gasteiger partial charge in [-0.25, -0.2) is 0 Å². The van der Waals surface area contributed by atoms with Gasteiger partial charge < -0.3 is 19.5 Å². The van der Waals surface area contributed by atoms with Crippen LogP contribution in [-0.2, 0) is 19.0 Å². The van der Waals surface area contributed by atoms with Crippen LogP contribution in [0.4, 0.5) is 0 Å². The molecule has 1 N–H and O–H groups in total. The highest BCUT2D eigenvalue weighted by molar-refractivity contribution is 5.81. The second kappa shape index (κ2) is 9.32. The van der Waals surface area contributed by atoms with E-state index in [-0.39, 0.29) is 12.1 Å². The van der Waals surface area contributed by atoms with Crippen LogP contribution in [0.2, 0.25) is 0 Å².